The second-order valence-electron chi connectivity index (χ2n) is 6.57. The van der Waals surface area contributed by atoms with Crippen LogP contribution >= 0.6 is 0 Å². The quantitative estimate of drug-likeness (QED) is 0.625. The summed E-state index contributed by atoms with van der Waals surface area (Å²) >= 11 is 0. The topological polar surface area (TPSA) is 43.4 Å². The van der Waals surface area contributed by atoms with Crippen LogP contribution in [0.4, 0.5) is 0 Å². The minimum absolute atomic E-state index is 0.0158. The van der Waals surface area contributed by atoms with Crippen molar-refractivity contribution in [2.45, 2.75) is 51.6 Å². The van der Waals surface area contributed by atoms with E-state index in [0.717, 1.165) is 18.4 Å². The Balaban J connectivity index is 2.14. The maximum Gasteiger partial charge on any atom is 0.316 e. The van der Waals surface area contributed by atoms with Gasteiger partial charge in [0.25, 0.3) is 0 Å². The number of hydrogen-bond donors (Lipinski definition) is 0. The molecule has 0 bridgehead atoms. The van der Waals surface area contributed by atoms with E-state index in [0.29, 0.717) is 0 Å². The van der Waals surface area contributed by atoms with E-state index in [4.69, 9.17) is 4.74 Å². The van der Waals surface area contributed by atoms with E-state index < -0.39 is 22.9 Å². The molecule has 108 valence electrons. The Bertz CT molecular complexity index is 507. The number of carbonyl (C=O) groups excluding carboxylic acids is 2. The van der Waals surface area contributed by atoms with Gasteiger partial charge in [-0.15, -0.1) is 0 Å². The second kappa shape index (κ2) is 5.04. The smallest absolute Gasteiger partial charge is 0.316 e. The van der Waals surface area contributed by atoms with Crippen molar-refractivity contribution in [3.8, 4) is 0 Å². The predicted molar refractivity (Wildman–Crippen MR) is 77.4 cm³/mol. The van der Waals surface area contributed by atoms with Crippen LogP contribution in [0.15, 0.2) is 30.3 Å². The van der Waals surface area contributed by atoms with Gasteiger partial charge in [-0.2, -0.15) is 0 Å². The third-order valence-corrected chi connectivity index (χ3v) is 3.70. The molecule has 1 atom stereocenters. The third-order valence-electron chi connectivity index (χ3n) is 3.70. The summed E-state index contributed by atoms with van der Waals surface area (Å²) in [7, 11) is 0. The van der Waals surface area contributed by atoms with E-state index in [-0.39, 0.29) is 5.78 Å². The van der Waals surface area contributed by atoms with Gasteiger partial charge in [0, 0.05) is 0 Å². The summed E-state index contributed by atoms with van der Waals surface area (Å²) in [5, 5.41) is 0. The SMILES string of the molecule is CC(C(=O)OC(C)(C)C)C(=O)C1(c2ccccc2)CC1. The lowest BCUT2D eigenvalue weighted by molar-refractivity contribution is -0.161. The van der Waals surface area contributed by atoms with Gasteiger partial charge in [0.1, 0.15) is 11.5 Å². The molecule has 1 aromatic rings. The normalized spacial score (nSPS) is 18.2. The van der Waals surface area contributed by atoms with Crippen molar-refractivity contribution < 1.29 is 14.3 Å². The van der Waals surface area contributed by atoms with Crippen molar-refractivity contribution >= 4 is 11.8 Å². The van der Waals surface area contributed by atoms with Crippen LogP contribution in [0.1, 0.15) is 46.1 Å². The number of ether oxygens (including phenoxy) is 1. The number of Topliss-reactive ketones (excluding diaryl/α,β-unsaturated/α-hetero) is 1. The zero-order valence-electron chi connectivity index (χ0n) is 12.6. The molecule has 0 N–H and O–H groups in total. The standard InChI is InChI=1S/C17H22O3/c1-12(15(19)20-16(2,3)4)14(18)17(10-11-17)13-8-6-5-7-9-13/h5-9,12H,10-11H2,1-4H3. The maximum atomic E-state index is 12.7. The van der Waals surface area contributed by atoms with Gasteiger partial charge in [0.05, 0.1) is 5.41 Å². The molecule has 20 heavy (non-hydrogen) atoms. The molecule has 0 radical (unpaired) electrons. The van der Waals surface area contributed by atoms with Crippen LogP contribution in [-0.4, -0.2) is 17.4 Å². The fraction of sp³-hybridized carbons (Fsp3) is 0.529. The lowest BCUT2D eigenvalue weighted by Crippen LogP contribution is -2.36. The van der Waals surface area contributed by atoms with Crippen molar-refractivity contribution in [2.24, 2.45) is 5.92 Å². The van der Waals surface area contributed by atoms with E-state index in [2.05, 4.69) is 0 Å². The van der Waals surface area contributed by atoms with Gasteiger partial charge in [0.2, 0.25) is 0 Å². The molecule has 2 rings (SSSR count). The minimum Gasteiger partial charge on any atom is -0.459 e. The van der Waals surface area contributed by atoms with Gasteiger partial charge in [-0.1, -0.05) is 30.3 Å². The van der Waals surface area contributed by atoms with Gasteiger partial charge in [-0.05, 0) is 46.1 Å². The maximum absolute atomic E-state index is 12.7. The molecule has 0 heterocycles. The summed E-state index contributed by atoms with van der Waals surface area (Å²) in [4.78, 5) is 24.7. The zero-order chi connectivity index (χ0) is 15.0. The summed E-state index contributed by atoms with van der Waals surface area (Å²) in [5.41, 5.74) is -0.00690. The third kappa shape index (κ3) is 2.92. The van der Waals surface area contributed by atoms with Gasteiger partial charge in [-0.25, -0.2) is 0 Å². The van der Waals surface area contributed by atoms with Crippen LogP contribution in [0, 0.1) is 5.92 Å². The van der Waals surface area contributed by atoms with Crippen LogP contribution < -0.4 is 0 Å². The molecule has 0 amide bonds. The predicted octanol–water partition coefficient (Wildman–Crippen LogP) is 3.27. The number of carbonyl (C=O) groups is 2. The van der Waals surface area contributed by atoms with Crippen LogP contribution in [-0.2, 0) is 19.7 Å². The largest absolute Gasteiger partial charge is 0.459 e. The highest BCUT2D eigenvalue weighted by Crippen LogP contribution is 2.50. The van der Waals surface area contributed by atoms with Crippen LogP contribution in [0.3, 0.4) is 0 Å². The second-order valence-corrected chi connectivity index (χ2v) is 6.57. The molecule has 1 aromatic carbocycles. The van der Waals surface area contributed by atoms with Crippen LogP contribution in [0.5, 0.6) is 0 Å². The average Bonchev–Trinajstić information content (AvgIpc) is 3.17. The summed E-state index contributed by atoms with van der Waals surface area (Å²) in [5.74, 6) is -1.15. The molecule has 0 spiro atoms. The van der Waals surface area contributed by atoms with Crippen molar-refractivity contribution in [2.75, 3.05) is 0 Å². The molecule has 1 fully saturated rings. The van der Waals surface area contributed by atoms with E-state index >= 15 is 0 Å². The van der Waals surface area contributed by atoms with E-state index in [9.17, 15) is 9.59 Å². The van der Waals surface area contributed by atoms with Crippen LogP contribution in [0.2, 0.25) is 0 Å². The van der Waals surface area contributed by atoms with Crippen LogP contribution in [0.25, 0.3) is 0 Å². The molecule has 1 aliphatic rings. The Labute approximate surface area is 120 Å². The van der Waals surface area contributed by atoms with Crippen molar-refractivity contribution in [1.29, 1.82) is 0 Å². The molecule has 3 nitrogen and oxygen atoms in total. The molecule has 1 saturated carbocycles. The van der Waals surface area contributed by atoms with Crippen molar-refractivity contribution in [1.82, 2.24) is 0 Å². The number of esters is 1. The van der Waals surface area contributed by atoms with E-state index in [1.807, 2.05) is 51.1 Å². The van der Waals surface area contributed by atoms with Gasteiger partial charge >= 0.3 is 5.97 Å². The number of ketones is 1. The fourth-order valence-corrected chi connectivity index (χ4v) is 2.47. The minimum atomic E-state index is -0.711. The highest BCUT2D eigenvalue weighted by atomic mass is 16.6. The summed E-state index contributed by atoms with van der Waals surface area (Å²) in [6.45, 7) is 7.09. The molecule has 1 unspecified atom stereocenters. The molecule has 0 saturated heterocycles. The molecule has 0 aliphatic heterocycles. The highest BCUT2D eigenvalue weighted by Gasteiger charge is 2.53. The van der Waals surface area contributed by atoms with Gasteiger partial charge in [-0.3, -0.25) is 9.59 Å². The summed E-state index contributed by atoms with van der Waals surface area (Å²) in [6.07, 6.45) is 1.64. The van der Waals surface area contributed by atoms with Gasteiger partial charge in [0.15, 0.2) is 5.78 Å². The number of hydrogen-bond acceptors (Lipinski definition) is 3. The van der Waals surface area contributed by atoms with Gasteiger partial charge < -0.3 is 4.74 Å². The summed E-state index contributed by atoms with van der Waals surface area (Å²) < 4.78 is 5.32. The monoisotopic (exact) mass is 274 g/mol. The highest BCUT2D eigenvalue weighted by molar-refractivity contribution is 6.06. The van der Waals surface area contributed by atoms with E-state index in [1.54, 1.807) is 6.92 Å². The Morgan fingerprint density at radius 3 is 2.15 bits per heavy atom. The first-order chi connectivity index (χ1) is 9.26. The Morgan fingerprint density at radius 2 is 1.70 bits per heavy atom. The van der Waals surface area contributed by atoms with E-state index in [1.165, 1.54) is 0 Å². The fourth-order valence-electron chi connectivity index (χ4n) is 2.47. The Kier molecular flexibility index (Phi) is 3.72. The van der Waals surface area contributed by atoms with Crippen molar-refractivity contribution in [3.05, 3.63) is 35.9 Å². The Hall–Kier alpha value is -1.64. The molecular formula is C17H22O3. The lowest BCUT2D eigenvalue weighted by Gasteiger charge is -2.24. The lowest BCUT2D eigenvalue weighted by atomic mass is 9.85. The summed E-state index contributed by atoms with van der Waals surface area (Å²) in [6, 6.07) is 9.72. The van der Waals surface area contributed by atoms with Crippen molar-refractivity contribution in [3.63, 3.8) is 0 Å². The molecule has 0 aromatic heterocycles. The average molecular weight is 274 g/mol. The first-order valence-corrected chi connectivity index (χ1v) is 7.09. The number of benzene rings is 1. The zero-order valence-corrected chi connectivity index (χ0v) is 12.6. The molecule has 3 heteroatoms. The first-order valence-electron chi connectivity index (χ1n) is 7.09. The first kappa shape index (κ1) is 14.8. The number of rotatable bonds is 4. The Morgan fingerprint density at radius 1 is 1.15 bits per heavy atom. The molecular weight excluding hydrogens is 252 g/mol. The molecule has 1 aliphatic carbocycles.